The van der Waals surface area contributed by atoms with E-state index in [0.717, 1.165) is 30.1 Å². The predicted octanol–water partition coefficient (Wildman–Crippen LogP) is 1.04. The first-order valence-corrected chi connectivity index (χ1v) is 6.99. The summed E-state index contributed by atoms with van der Waals surface area (Å²) in [6.07, 6.45) is 8.85. The van der Waals surface area contributed by atoms with Crippen molar-refractivity contribution in [3.63, 3.8) is 0 Å². The van der Waals surface area contributed by atoms with Crippen LogP contribution in [0, 0.1) is 5.92 Å². The Kier molecular flexibility index (Phi) is 3.54. The molecule has 20 heavy (non-hydrogen) atoms. The van der Waals surface area contributed by atoms with Crippen molar-refractivity contribution >= 4 is 5.69 Å². The van der Waals surface area contributed by atoms with Crippen LogP contribution in [0.2, 0.25) is 0 Å². The van der Waals surface area contributed by atoms with Crippen molar-refractivity contribution < 1.29 is 0 Å². The molecule has 2 aromatic heterocycles. The lowest BCUT2D eigenvalue weighted by atomic mass is 10.2. The third-order valence-electron chi connectivity index (χ3n) is 3.53. The van der Waals surface area contributed by atoms with E-state index in [-0.39, 0.29) is 5.56 Å². The molecule has 0 aromatic carbocycles. The van der Waals surface area contributed by atoms with Crippen LogP contribution >= 0.6 is 0 Å². The average molecular weight is 273 g/mol. The van der Waals surface area contributed by atoms with Crippen molar-refractivity contribution in [3.05, 3.63) is 40.6 Å². The largest absolute Gasteiger partial charge is 0.383 e. The van der Waals surface area contributed by atoms with Gasteiger partial charge in [0.2, 0.25) is 0 Å². The normalized spacial score (nSPS) is 14.4. The fourth-order valence-corrected chi connectivity index (χ4v) is 2.12. The number of rotatable bonds is 6. The van der Waals surface area contributed by atoms with Crippen LogP contribution in [0.15, 0.2) is 29.5 Å². The van der Waals surface area contributed by atoms with Gasteiger partial charge in [-0.25, -0.2) is 4.68 Å². The Hall–Kier alpha value is -2.11. The molecule has 0 amide bonds. The molecule has 0 saturated heterocycles. The molecule has 0 spiro atoms. The summed E-state index contributed by atoms with van der Waals surface area (Å²) < 4.78 is 3.26. The molecule has 1 aliphatic carbocycles. The molecule has 1 saturated carbocycles. The lowest BCUT2D eigenvalue weighted by Gasteiger charge is -2.07. The van der Waals surface area contributed by atoms with E-state index >= 15 is 0 Å². The number of nitrogens with one attached hydrogen (secondary N) is 1. The number of nitrogens with zero attached hydrogens (tertiary/aromatic N) is 4. The van der Waals surface area contributed by atoms with E-state index in [4.69, 9.17) is 0 Å². The molecule has 1 N–H and O–H groups in total. The molecule has 1 aliphatic rings. The van der Waals surface area contributed by atoms with Gasteiger partial charge in [-0.3, -0.25) is 9.48 Å². The third kappa shape index (κ3) is 3.26. The van der Waals surface area contributed by atoms with Crippen LogP contribution in [-0.4, -0.2) is 26.1 Å². The second-order valence-corrected chi connectivity index (χ2v) is 5.40. The molecular formula is C14H19N5O. The van der Waals surface area contributed by atoms with Crippen molar-refractivity contribution in [1.82, 2.24) is 19.6 Å². The van der Waals surface area contributed by atoms with Gasteiger partial charge in [-0.1, -0.05) is 0 Å². The number of anilines is 1. The highest BCUT2D eigenvalue weighted by molar-refractivity contribution is 5.38. The van der Waals surface area contributed by atoms with Gasteiger partial charge in [0.25, 0.3) is 5.56 Å². The van der Waals surface area contributed by atoms with Crippen LogP contribution < -0.4 is 10.9 Å². The fraction of sp³-hybridized carbons (Fsp3) is 0.500. The smallest absolute Gasteiger partial charge is 0.268 e. The molecule has 106 valence electrons. The van der Waals surface area contributed by atoms with Gasteiger partial charge in [-0.2, -0.15) is 10.2 Å². The maximum atomic E-state index is 12.0. The van der Waals surface area contributed by atoms with Gasteiger partial charge in [-0.15, -0.1) is 0 Å². The van der Waals surface area contributed by atoms with Crippen molar-refractivity contribution in [2.24, 2.45) is 13.0 Å². The van der Waals surface area contributed by atoms with Gasteiger partial charge in [0, 0.05) is 32.4 Å². The molecule has 2 aromatic rings. The van der Waals surface area contributed by atoms with E-state index in [2.05, 4.69) is 15.5 Å². The molecule has 0 unspecified atom stereocenters. The molecule has 2 heterocycles. The number of hydrogen-bond donors (Lipinski definition) is 1. The highest BCUT2D eigenvalue weighted by Gasteiger charge is 2.20. The summed E-state index contributed by atoms with van der Waals surface area (Å²) in [7, 11) is 1.88. The molecule has 6 nitrogen and oxygen atoms in total. The summed E-state index contributed by atoms with van der Waals surface area (Å²) in [6.45, 7) is 1.52. The fourth-order valence-electron chi connectivity index (χ4n) is 2.12. The van der Waals surface area contributed by atoms with E-state index in [1.807, 2.05) is 19.4 Å². The first-order chi connectivity index (χ1) is 9.70. The second kappa shape index (κ2) is 5.48. The Labute approximate surface area is 117 Å². The monoisotopic (exact) mass is 273 g/mol. The van der Waals surface area contributed by atoms with Gasteiger partial charge >= 0.3 is 0 Å². The Morgan fingerprint density at radius 3 is 2.85 bits per heavy atom. The molecule has 0 bridgehead atoms. The van der Waals surface area contributed by atoms with Crippen LogP contribution in [0.5, 0.6) is 0 Å². The minimum Gasteiger partial charge on any atom is -0.383 e. The average Bonchev–Trinajstić information content (AvgIpc) is 3.17. The van der Waals surface area contributed by atoms with E-state index in [1.165, 1.54) is 17.5 Å². The van der Waals surface area contributed by atoms with Gasteiger partial charge in [0.05, 0.1) is 18.1 Å². The van der Waals surface area contributed by atoms with Crippen LogP contribution in [0.4, 0.5) is 5.69 Å². The zero-order chi connectivity index (χ0) is 13.9. The van der Waals surface area contributed by atoms with E-state index in [1.54, 1.807) is 16.9 Å². The highest BCUT2D eigenvalue weighted by atomic mass is 16.1. The Morgan fingerprint density at radius 1 is 1.35 bits per heavy atom. The number of aromatic nitrogens is 4. The SMILES string of the molecule is Cn1cc(CCn2ncc(NCC3CC3)cc2=O)cn1. The Balaban J connectivity index is 1.59. The van der Waals surface area contributed by atoms with Crippen LogP contribution in [-0.2, 0) is 20.0 Å². The van der Waals surface area contributed by atoms with Gasteiger partial charge in [0.1, 0.15) is 0 Å². The lowest BCUT2D eigenvalue weighted by Crippen LogP contribution is -2.23. The lowest BCUT2D eigenvalue weighted by molar-refractivity contribution is 0.578. The third-order valence-corrected chi connectivity index (χ3v) is 3.53. The number of aryl methyl sites for hydroxylation is 3. The first-order valence-electron chi connectivity index (χ1n) is 6.99. The van der Waals surface area contributed by atoms with Gasteiger partial charge < -0.3 is 5.32 Å². The summed E-state index contributed by atoms with van der Waals surface area (Å²) in [5, 5.41) is 11.6. The van der Waals surface area contributed by atoms with E-state index in [0.29, 0.717) is 6.54 Å². The van der Waals surface area contributed by atoms with Crippen LogP contribution in [0.25, 0.3) is 0 Å². The van der Waals surface area contributed by atoms with Crippen molar-refractivity contribution in [3.8, 4) is 0 Å². The molecule has 0 atom stereocenters. The predicted molar refractivity (Wildman–Crippen MR) is 76.6 cm³/mol. The molecule has 3 rings (SSSR count). The molecular weight excluding hydrogens is 254 g/mol. The topological polar surface area (TPSA) is 64.7 Å². The standard InChI is InChI=1S/C14H19N5O/c1-18-10-12(8-16-18)4-5-19-14(20)6-13(9-17-19)15-7-11-2-3-11/h6,8-11,15H,2-5,7H2,1H3. The zero-order valence-corrected chi connectivity index (χ0v) is 11.6. The minimum absolute atomic E-state index is 0.0605. The van der Waals surface area contributed by atoms with Crippen LogP contribution in [0.1, 0.15) is 18.4 Å². The quantitative estimate of drug-likeness (QED) is 0.854. The molecule has 0 radical (unpaired) electrons. The van der Waals surface area contributed by atoms with E-state index in [9.17, 15) is 4.79 Å². The summed E-state index contributed by atoms with van der Waals surface area (Å²) in [5.41, 5.74) is 1.87. The Morgan fingerprint density at radius 2 is 2.20 bits per heavy atom. The van der Waals surface area contributed by atoms with Crippen molar-refractivity contribution in [2.75, 3.05) is 11.9 Å². The second-order valence-electron chi connectivity index (χ2n) is 5.40. The minimum atomic E-state index is -0.0605. The van der Waals surface area contributed by atoms with Gasteiger partial charge in [-0.05, 0) is 30.7 Å². The van der Waals surface area contributed by atoms with Gasteiger partial charge in [0.15, 0.2) is 0 Å². The summed E-state index contributed by atoms with van der Waals surface area (Å²) in [4.78, 5) is 12.0. The van der Waals surface area contributed by atoms with Crippen molar-refractivity contribution in [2.45, 2.75) is 25.8 Å². The zero-order valence-electron chi connectivity index (χ0n) is 11.6. The van der Waals surface area contributed by atoms with Crippen molar-refractivity contribution in [1.29, 1.82) is 0 Å². The first kappa shape index (κ1) is 12.9. The maximum Gasteiger partial charge on any atom is 0.268 e. The molecule has 1 fully saturated rings. The maximum absolute atomic E-state index is 12.0. The summed E-state index contributed by atoms with van der Waals surface area (Å²) in [6, 6.07) is 1.62. The van der Waals surface area contributed by atoms with E-state index < -0.39 is 0 Å². The molecule has 6 heteroatoms. The highest BCUT2D eigenvalue weighted by Crippen LogP contribution is 2.28. The van der Waals surface area contributed by atoms with Crippen LogP contribution in [0.3, 0.4) is 0 Å². The number of hydrogen-bond acceptors (Lipinski definition) is 4. The molecule has 0 aliphatic heterocycles. The Bertz CT molecular complexity index is 641. The summed E-state index contributed by atoms with van der Waals surface area (Å²) >= 11 is 0. The summed E-state index contributed by atoms with van der Waals surface area (Å²) in [5.74, 6) is 0.781.